The summed E-state index contributed by atoms with van der Waals surface area (Å²) in [7, 11) is -2.13. The lowest BCUT2D eigenvalue weighted by molar-refractivity contribution is -0.140. The Bertz CT molecular complexity index is 1660. The van der Waals surface area contributed by atoms with Gasteiger partial charge in [0.05, 0.1) is 22.8 Å². The van der Waals surface area contributed by atoms with Gasteiger partial charge in [0.1, 0.15) is 16.7 Å². The molecule has 3 fully saturated rings. The highest BCUT2D eigenvalue weighted by atomic mass is 32.2. The Labute approximate surface area is 272 Å². The van der Waals surface area contributed by atoms with Gasteiger partial charge in [-0.05, 0) is 70.4 Å². The molecular formula is C32H39N5O7S2. The number of hydrogen-bond acceptors (Lipinski definition) is 9. The van der Waals surface area contributed by atoms with Crippen LogP contribution in [0, 0.1) is 24.7 Å². The number of benzene rings is 1. The zero-order valence-corrected chi connectivity index (χ0v) is 27.5. The summed E-state index contributed by atoms with van der Waals surface area (Å²) < 4.78 is 33.2. The first-order valence-corrected chi connectivity index (χ1v) is 18.2. The average Bonchev–Trinajstić information content (AvgIpc) is 3.87. The van der Waals surface area contributed by atoms with Crippen molar-refractivity contribution in [3.63, 3.8) is 0 Å². The van der Waals surface area contributed by atoms with Crippen LogP contribution in [0.4, 0.5) is 10.5 Å². The van der Waals surface area contributed by atoms with Crippen molar-refractivity contribution in [3.05, 3.63) is 47.5 Å². The first kappa shape index (κ1) is 32.2. The molecule has 5 atom stereocenters. The molecule has 3 saturated carbocycles. The largest absolute Gasteiger partial charge is 0.446 e. The standard InChI is InChI=1S/C32H39N5O7S2/c1-19-8-11-26(25(15-19)28-33-12-14-45-28)34-31(41)44-21-16-23-24(17-21)29(39)37(2)13-6-4-3-5-7-20-18-32(20,35-27(23)38)30(40)36-46(42,43)22-9-10-22/h5,7-8,11-12,14-15,20-24H,3-4,6,9-10,13,16-18H2,1-2H3,(H,34,41)(H,35,38)(H,36,40)/b7-5-/t20-,21-,23-,24-,32-/m1/s1. The molecule has 6 rings (SSSR count). The van der Waals surface area contributed by atoms with Crippen molar-refractivity contribution in [1.29, 1.82) is 0 Å². The number of allylic oxidation sites excluding steroid dienone is 1. The summed E-state index contributed by atoms with van der Waals surface area (Å²) >= 11 is 1.44. The molecule has 46 heavy (non-hydrogen) atoms. The van der Waals surface area contributed by atoms with E-state index in [9.17, 15) is 27.6 Å². The molecule has 0 bridgehead atoms. The minimum atomic E-state index is -3.83. The lowest BCUT2D eigenvalue weighted by atomic mass is 9.93. The molecule has 14 heteroatoms. The van der Waals surface area contributed by atoms with Gasteiger partial charge in [-0.2, -0.15) is 0 Å². The lowest BCUT2D eigenvalue weighted by Gasteiger charge is -2.26. The molecule has 3 aliphatic carbocycles. The minimum absolute atomic E-state index is 0.0787. The maximum atomic E-state index is 13.9. The fourth-order valence-electron chi connectivity index (χ4n) is 6.48. The summed E-state index contributed by atoms with van der Waals surface area (Å²) in [6, 6.07) is 5.57. The van der Waals surface area contributed by atoms with E-state index in [1.54, 1.807) is 24.2 Å². The van der Waals surface area contributed by atoms with Crippen LogP contribution in [0.5, 0.6) is 0 Å². The lowest BCUT2D eigenvalue weighted by Crippen LogP contribution is -2.54. The normalized spacial score (nSPS) is 29.0. The number of hydrogen-bond donors (Lipinski definition) is 3. The highest BCUT2D eigenvalue weighted by Crippen LogP contribution is 2.47. The van der Waals surface area contributed by atoms with E-state index in [0.29, 0.717) is 25.1 Å². The molecule has 2 aromatic rings. The zero-order chi connectivity index (χ0) is 32.6. The van der Waals surface area contributed by atoms with Crippen LogP contribution in [-0.2, 0) is 29.1 Å². The summed E-state index contributed by atoms with van der Waals surface area (Å²) in [5, 5.41) is 7.65. The van der Waals surface area contributed by atoms with Crippen molar-refractivity contribution < 1.29 is 32.3 Å². The number of fused-ring (bicyclic) bond motifs is 2. The van der Waals surface area contributed by atoms with Gasteiger partial charge < -0.3 is 15.0 Å². The Balaban J connectivity index is 1.20. The van der Waals surface area contributed by atoms with E-state index < -0.39 is 56.7 Å². The first-order chi connectivity index (χ1) is 22.0. The quantitative estimate of drug-likeness (QED) is 0.392. The molecule has 4 amide bonds. The van der Waals surface area contributed by atoms with Gasteiger partial charge in [0, 0.05) is 36.7 Å². The maximum Gasteiger partial charge on any atom is 0.411 e. The number of carbonyl (C=O) groups excluding carboxylic acids is 4. The molecule has 1 aromatic heterocycles. The van der Waals surface area contributed by atoms with Crippen LogP contribution in [0.1, 0.15) is 56.9 Å². The van der Waals surface area contributed by atoms with Crippen LogP contribution < -0.4 is 15.4 Å². The fourth-order valence-corrected chi connectivity index (χ4v) is 8.51. The van der Waals surface area contributed by atoms with Gasteiger partial charge in [-0.1, -0.05) is 23.8 Å². The monoisotopic (exact) mass is 669 g/mol. The molecule has 0 spiro atoms. The van der Waals surface area contributed by atoms with Crippen molar-refractivity contribution in [1.82, 2.24) is 19.9 Å². The van der Waals surface area contributed by atoms with E-state index in [1.165, 1.54) is 11.3 Å². The Morgan fingerprint density at radius 3 is 2.67 bits per heavy atom. The molecule has 246 valence electrons. The summed E-state index contributed by atoms with van der Waals surface area (Å²) in [6.45, 7) is 2.47. The number of rotatable bonds is 6. The highest BCUT2D eigenvalue weighted by molar-refractivity contribution is 7.91. The van der Waals surface area contributed by atoms with Gasteiger partial charge in [-0.15, -0.1) is 11.3 Å². The number of anilines is 1. The van der Waals surface area contributed by atoms with Crippen LogP contribution in [0.2, 0.25) is 0 Å². The van der Waals surface area contributed by atoms with Crippen LogP contribution in [0.25, 0.3) is 10.6 Å². The van der Waals surface area contributed by atoms with E-state index in [2.05, 4.69) is 20.3 Å². The van der Waals surface area contributed by atoms with Crippen LogP contribution in [0.15, 0.2) is 41.9 Å². The second-order valence-electron chi connectivity index (χ2n) is 12.9. The SMILES string of the molecule is Cc1ccc(NC(=O)O[C@@H]2C[C@H]3C(=O)N[C@]4(C(=O)NS(=O)(=O)C5CC5)C[C@H]4/C=C\CCCCN(C)C(=O)[C@@H]3C2)c(-c2nccs2)c1. The summed E-state index contributed by atoms with van der Waals surface area (Å²) in [6.07, 6.45) is 7.83. The van der Waals surface area contributed by atoms with Crippen molar-refractivity contribution in [2.24, 2.45) is 17.8 Å². The average molecular weight is 670 g/mol. The Hall–Kier alpha value is -3.78. The van der Waals surface area contributed by atoms with Crippen molar-refractivity contribution >= 4 is 50.9 Å². The molecule has 12 nitrogen and oxygen atoms in total. The third-order valence-electron chi connectivity index (χ3n) is 9.34. The summed E-state index contributed by atoms with van der Waals surface area (Å²) in [4.78, 5) is 60.1. The van der Waals surface area contributed by atoms with Crippen LogP contribution >= 0.6 is 11.3 Å². The number of sulfonamides is 1. The molecule has 0 saturated heterocycles. The van der Waals surface area contributed by atoms with Gasteiger partial charge >= 0.3 is 6.09 Å². The number of carbonyl (C=O) groups is 4. The molecule has 2 heterocycles. The van der Waals surface area contributed by atoms with E-state index in [0.717, 1.165) is 35.4 Å². The molecule has 4 aliphatic rings. The van der Waals surface area contributed by atoms with Crippen molar-refractivity contribution in [3.8, 4) is 10.6 Å². The Morgan fingerprint density at radius 2 is 1.93 bits per heavy atom. The summed E-state index contributed by atoms with van der Waals surface area (Å²) in [5.41, 5.74) is 0.855. The second-order valence-corrected chi connectivity index (χ2v) is 15.7. The molecule has 0 unspecified atom stereocenters. The third-order valence-corrected chi connectivity index (χ3v) is 12.0. The molecule has 3 N–H and O–H groups in total. The predicted octanol–water partition coefficient (Wildman–Crippen LogP) is 3.74. The van der Waals surface area contributed by atoms with E-state index in [1.807, 2.05) is 36.6 Å². The number of aromatic nitrogens is 1. The van der Waals surface area contributed by atoms with Gasteiger partial charge in [0.15, 0.2) is 0 Å². The van der Waals surface area contributed by atoms with Crippen molar-refractivity contribution in [2.75, 3.05) is 18.9 Å². The molecular weight excluding hydrogens is 631 g/mol. The second kappa shape index (κ2) is 12.8. The van der Waals surface area contributed by atoms with Gasteiger partial charge in [-0.25, -0.2) is 18.2 Å². The van der Waals surface area contributed by atoms with Gasteiger partial charge in [0.25, 0.3) is 5.91 Å². The molecule has 1 aromatic carbocycles. The van der Waals surface area contributed by atoms with E-state index in [-0.39, 0.29) is 31.1 Å². The predicted molar refractivity (Wildman–Crippen MR) is 172 cm³/mol. The summed E-state index contributed by atoms with van der Waals surface area (Å²) in [5.74, 6) is -3.55. The number of aryl methyl sites for hydroxylation is 1. The van der Waals surface area contributed by atoms with Gasteiger partial charge in [0.2, 0.25) is 21.8 Å². The maximum absolute atomic E-state index is 13.9. The zero-order valence-electron chi connectivity index (χ0n) is 25.9. The minimum Gasteiger partial charge on any atom is -0.446 e. The number of nitrogens with zero attached hydrogens (tertiary/aromatic N) is 2. The number of thiazole rings is 1. The number of nitrogens with one attached hydrogen (secondary N) is 3. The molecule has 1 aliphatic heterocycles. The highest BCUT2D eigenvalue weighted by Gasteiger charge is 2.62. The van der Waals surface area contributed by atoms with E-state index in [4.69, 9.17) is 4.74 Å². The van der Waals surface area contributed by atoms with Crippen LogP contribution in [0.3, 0.4) is 0 Å². The van der Waals surface area contributed by atoms with Gasteiger partial charge in [-0.3, -0.25) is 24.4 Å². The smallest absolute Gasteiger partial charge is 0.411 e. The van der Waals surface area contributed by atoms with Crippen molar-refractivity contribution in [2.45, 2.75) is 75.2 Å². The van der Waals surface area contributed by atoms with E-state index >= 15 is 0 Å². The van der Waals surface area contributed by atoms with Crippen LogP contribution in [-0.4, -0.2) is 72.6 Å². The Morgan fingerprint density at radius 1 is 1.15 bits per heavy atom. The topological polar surface area (TPSA) is 164 Å². The first-order valence-electron chi connectivity index (χ1n) is 15.7. The number of ether oxygens (including phenoxy) is 1. The fraction of sp³-hybridized carbons (Fsp3) is 0.531. The number of amides is 4. The molecule has 0 radical (unpaired) electrons. The Kier molecular flexibility index (Phi) is 8.94. The third kappa shape index (κ3) is 6.82.